The van der Waals surface area contributed by atoms with Crippen molar-refractivity contribution in [2.24, 2.45) is 0 Å². The van der Waals surface area contributed by atoms with Gasteiger partial charge in [0, 0.05) is 19.5 Å². The third kappa shape index (κ3) is 1.42. The zero-order valence-electron chi connectivity index (χ0n) is 3.22. The van der Waals surface area contributed by atoms with E-state index in [0.29, 0.717) is 0 Å². The van der Waals surface area contributed by atoms with E-state index in [9.17, 15) is 0 Å². The molecule has 1 heteroatoms. The summed E-state index contributed by atoms with van der Waals surface area (Å²) in [6, 6.07) is 10.0. The van der Waals surface area contributed by atoms with E-state index in [-0.39, 0.29) is 19.5 Å². The Morgan fingerprint density at radius 3 is 1.67 bits per heavy atom. The Labute approximate surface area is 50.3 Å². The Hall–Kier alpha value is -0.0266. The molecular formula is C5H5Rh-. The van der Waals surface area contributed by atoms with Crippen LogP contribution in [0, 0.1) is 0 Å². The van der Waals surface area contributed by atoms with E-state index in [1.807, 2.05) is 30.3 Å². The third-order valence-electron chi connectivity index (χ3n) is 0.556. The Bertz CT molecular complexity index is 60.4. The van der Waals surface area contributed by atoms with Crippen LogP contribution in [-0.2, 0) is 19.5 Å². The molecule has 0 aliphatic carbocycles. The van der Waals surface area contributed by atoms with Gasteiger partial charge in [0.25, 0.3) is 0 Å². The van der Waals surface area contributed by atoms with Crippen LogP contribution >= 0.6 is 0 Å². The molecule has 0 saturated heterocycles. The van der Waals surface area contributed by atoms with Crippen molar-refractivity contribution in [2.45, 2.75) is 0 Å². The van der Waals surface area contributed by atoms with Crippen molar-refractivity contribution in [1.82, 2.24) is 0 Å². The smallest absolute Gasteiger partial charge is 0 e. The third-order valence-corrected chi connectivity index (χ3v) is 0.556. The number of hydrogen-bond acceptors (Lipinski definition) is 0. The summed E-state index contributed by atoms with van der Waals surface area (Å²) in [5.41, 5.74) is 0. The zero-order valence-corrected chi connectivity index (χ0v) is 4.86. The summed E-state index contributed by atoms with van der Waals surface area (Å²) in [4.78, 5) is 0. The summed E-state index contributed by atoms with van der Waals surface area (Å²) in [5.74, 6) is 0. The molecule has 0 amide bonds. The summed E-state index contributed by atoms with van der Waals surface area (Å²) in [6.45, 7) is 0. The first-order valence-corrected chi connectivity index (χ1v) is 1.67. The maximum absolute atomic E-state index is 2.00. The fourth-order valence-corrected chi connectivity index (χ4v) is 0.321. The average Bonchev–Trinajstić information content (AvgIpc) is 1.76. The first kappa shape index (κ1) is 5.97. The van der Waals surface area contributed by atoms with E-state index in [1.54, 1.807) is 0 Å². The van der Waals surface area contributed by atoms with E-state index >= 15 is 0 Å². The van der Waals surface area contributed by atoms with E-state index < -0.39 is 0 Å². The normalized spacial score (nSPS) is 6.67. The molecule has 1 aromatic rings. The predicted octanol–water partition coefficient (Wildman–Crippen LogP) is 1.40. The van der Waals surface area contributed by atoms with Gasteiger partial charge in [-0.3, -0.25) is 0 Å². The van der Waals surface area contributed by atoms with E-state index in [2.05, 4.69) is 0 Å². The van der Waals surface area contributed by atoms with Gasteiger partial charge in [-0.15, -0.1) is 0 Å². The largest absolute Gasteiger partial charge is 0.214 e. The standard InChI is InChI=1S/C5H5.Rh/c1-2-4-5-3-1;/h1-5H;/q-1;. The van der Waals surface area contributed by atoms with Crippen molar-refractivity contribution >= 4 is 0 Å². The number of hydrogen-bond donors (Lipinski definition) is 0. The minimum Gasteiger partial charge on any atom is -0.214 e. The minimum absolute atomic E-state index is 0. The van der Waals surface area contributed by atoms with Crippen LogP contribution < -0.4 is 0 Å². The second-order valence-corrected chi connectivity index (χ2v) is 0.962. The molecule has 0 aliphatic heterocycles. The minimum atomic E-state index is 0. The molecule has 0 aromatic heterocycles. The van der Waals surface area contributed by atoms with Crippen molar-refractivity contribution in [1.29, 1.82) is 0 Å². The van der Waals surface area contributed by atoms with Crippen LogP contribution in [0.4, 0.5) is 0 Å². The second kappa shape index (κ2) is 3.17. The van der Waals surface area contributed by atoms with Crippen LogP contribution in [0.5, 0.6) is 0 Å². The van der Waals surface area contributed by atoms with Crippen molar-refractivity contribution < 1.29 is 19.5 Å². The van der Waals surface area contributed by atoms with E-state index in [4.69, 9.17) is 0 Å². The summed E-state index contributed by atoms with van der Waals surface area (Å²) < 4.78 is 0. The molecule has 0 unspecified atom stereocenters. The predicted molar refractivity (Wildman–Crippen MR) is 22.0 cm³/mol. The number of rotatable bonds is 0. The van der Waals surface area contributed by atoms with Gasteiger partial charge >= 0.3 is 0 Å². The molecule has 1 radical (unpaired) electrons. The van der Waals surface area contributed by atoms with Crippen LogP contribution in [0.25, 0.3) is 0 Å². The molecule has 0 atom stereocenters. The molecule has 0 saturated carbocycles. The molecule has 0 N–H and O–H groups in total. The Morgan fingerprint density at radius 1 is 1.00 bits per heavy atom. The van der Waals surface area contributed by atoms with Crippen LogP contribution in [0.2, 0.25) is 0 Å². The Balaban J connectivity index is 0.000000250. The van der Waals surface area contributed by atoms with Crippen molar-refractivity contribution in [3.8, 4) is 0 Å². The topological polar surface area (TPSA) is 0 Å². The van der Waals surface area contributed by atoms with Gasteiger partial charge in [0.05, 0.1) is 0 Å². The van der Waals surface area contributed by atoms with Crippen LogP contribution in [0.3, 0.4) is 0 Å². The van der Waals surface area contributed by atoms with Gasteiger partial charge in [0.1, 0.15) is 0 Å². The van der Waals surface area contributed by atoms with Gasteiger partial charge in [-0.2, -0.15) is 18.2 Å². The Morgan fingerprint density at radius 2 is 1.50 bits per heavy atom. The van der Waals surface area contributed by atoms with Crippen LogP contribution in [-0.4, -0.2) is 0 Å². The van der Waals surface area contributed by atoms with Crippen molar-refractivity contribution in [3.05, 3.63) is 30.3 Å². The molecule has 0 heterocycles. The van der Waals surface area contributed by atoms with Gasteiger partial charge < -0.3 is 0 Å². The molecule has 0 fully saturated rings. The maximum atomic E-state index is 2.00. The summed E-state index contributed by atoms with van der Waals surface area (Å²) >= 11 is 0. The summed E-state index contributed by atoms with van der Waals surface area (Å²) in [6.07, 6.45) is 0. The molecule has 1 aromatic carbocycles. The monoisotopic (exact) mass is 168 g/mol. The molecule has 6 heavy (non-hydrogen) atoms. The molecular weight excluding hydrogens is 163 g/mol. The second-order valence-electron chi connectivity index (χ2n) is 0.962. The molecule has 0 nitrogen and oxygen atoms in total. The summed E-state index contributed by atoms with van der Waals surface area (Å²) in [5, 5.41) is 0. The quantitative estimate of drug-likeness (QED) is 0.405. The Kier molecular flexibility index (Phi) is 3.16. The van der Waals surface area contributed by atoms with Crippen molar-refractivity contribution in [3.63, 3.8) is 0 Å². The van der Waals surface area contributed by atoms with Gasteiger partial charge in [-0.1, -0.05) is 0 Å². The maximum Gasteiger partial charge on any atom is 0 e. The molecule has 0 spiro atoms. The molecule has 0 bridgehead atoms. The first-order valence-electron chi connectivity index (χ1n) is 1.67. The molecule has 0 aliphatic rings. The van der Waals surface area contributed by atoms with Gasteiger partial charge in [0.15, 0.2) is 0 Å². The van der Waals surface area contributed by atoms with Crippen molar-refractivity contribution in [2.75, 3.05) is 0 Å². The first-order chi connectivity index (χ1) is 2.50. The van der Waals surface area contributed by atoms with Gasteiger partial charge in [-0.25, -0.2) is 12.1 Å². The fraction of sp³-hybridized carbons (Fsp3) is 0. The molecule has 35 valence electrons. The van der Waals surface area contributed by atoms with E-state index in [1.165, 1.54) is 0 Å². The SMILES string of the molecule is [Rh].c1cc[cH-]c1. The van der Waals surface area contributed by atoms with Crippen LogP contribution in [0.15, 0.2) is 30.3 Å². The van der Waals surface area contributed by atoms with Gasteiger partial charge in [-0.05, 0) is 0 Å². The zero-order chi connectivity index (χ0) is 3.54. The van der Waals surface area contributed by atoms with E-state index in [0.717, 1.165) is 0 Å². The summed E-state index contributed by atoms with van der Waals surface area (Å²) in [7, 11) is 0. The fourth-order valence-electron chi connectivity index (χ4n) is 0.321. The van der Waals surface area contributed by atoms with Gasteiger partial charge in [0.2, 0.25) is 0 Å². The average molecular weight is 168 g/mol. The molecule has 1 rings (SSSR count). The van der Waals surface area contributed by atoms with Crippen LogP contribution in [0.1, 0.15) is 0 Å².